The van der Waals surface area contributed by atoms with Crippen molar-refractivity contribution < 1.29 is 29.3 Å². The molecule has 0 fully saturated rings. The van der Waals surface area contributed by atoms with Gasteiger partial charge in [0.05, 0.1) is 11.1 Å². The summed E-state index contributed by atoms with van der Waals surface area (Å²) in [5.74, 6) is -1.04. The van der Waals surface area contributed by atoms with Gasteiger partial charge in [0.25, 0.3) is 5.91 Å². The summed E-state index contributed by atoms with van der Waals surface area (Å²) in [5.41, 5.74) is 2.86. The molecule has 0 aliphatic heterocycles. The first-order chi connectivity index (χ1) is 16.7. The highest BCUT2D eigenvalue weighted by molar-refractivity contribution is 6.05. The van der Waals surface area contributed by atoms with Gasteiger partial charge in [-0.3, -0.25) is 9.59 Å². The summed E-state index contributed by atoms with van der Waals surface area (Å²) in [7, 11) is 0. The highest BCUT2D eigenvalue weighted by atomic mass is 16.5. The third kappa shape index (κ3) is 7.71. The molecule has 0 aromatic heterocycles. The van der Waals surface area contributed by atoms with Gasteiger partial charge >= 0.3 is 5.97 Å². The lowest BCUT2D eigenvalue weighted by Gasteiger charge is -2.14. The van der Waals surface area contributed by atoms with E-state index in [2.05, 4.69) is 5.32 Å². The molecule has 35 heavy (non-hydrogen) atoms. The van der Waals surface area contributed by atoms with Gasteiger partial charge in [-0.1, -0.05) is 31.6 Å². The molecule has 0 atom stereocenters. The number of nitrogens with one attached hydrogen (secondary N) is 1. The summed E-state index contributed by atoms with van der Waals surface area (Å²) in [4.78, 5) is 35.2. The number of ketones is 1. The number of allylic oxidation sites excluding steroid dienone is 3. The molecule has 0 radical (unpaired) electrons. The van der Waals surface area contributed by atoms with Crippen molar-refractivity contribution in [2.75, 3.05) is 11.9 Å². The first-order valence-corrected chi connectivity index (χ1v) is 11.3. The Bertz CT molecular complexity index is 1170. The van der Waals surface area contributed by atoms with Gasteiger partial charge in [-0.2, -0.15) is 0 Å². The molecule has 0 spiro atoms. The fraction of sp³-hybridized carbons (Fsp3) is 0.250. The number of hydrogen-bond acceptors (Lipinski definition) is 5. The molecule has 0 saturated heterocycles. The van der Waals surface area contributed by atoms with E-state index < -0.39 is 5.97 Å². The van der Waals surface area contributed by atoms with Crippen LogP contribution in [0.1, 0.15) is 60.4 Å². The molecule has 7 heteroatoms. The van der Waals surface area contributed by atoms with Crippen LogP contribution in [0.3, 0.4) is 0 Å². The third-order valence-corrected chi connectivity index (χ3v) is 5.19. The number of hydrogen-bond donors (Lipinski definition) is 3. The predicted octanol–water partition coefficient (Wildman–Crippen LogP) is 5.71. The maximum absolute atomic E-state index is 12.5. The first-order valence-electron chi connectivity index (χ1n) is 11.3. The zero-order valence-electron chi connectivity index (χ0n) is 20.4. The number of carboxylic acids is 1. The maximum atomic E-state index is 12.5. The van der Waals surface area contributed by atoms with E-state index in [0.29, 0.717) is 29.0 Å². The minimum atomic E-state index is -1.03. The lowest BCUT2D eigenvalue weighted by Crippen LogP contribution is -2.13. The van der Waals surface area contributed by atoms with Gasteiger partial charge in [0.2, 0.25) is 0 Å². The molecule has 0 aliphatic carbocycles. The minimum absolute atomic E-state index is 0.0280. The summed E-state index contributed by atoms with van der Waals surface area (Å²) in [6, 6.07) is 9.19. The first kappa shape index (κ1) is 27.1. The van der Waals surface area contributed by atoms with E-state index >= 15 is 0 Å². The summed E-state index contributed by atoms with van der Waals surface area (Å²) >= 11 is 0. The van der Waals surface area contributed by atoms with Crippen LogP contribution < -0.4 is 10.1 Å². The topological polar surface area (TPSA) is 113 Å². The number of aromatic carboxylic acids is 1. The minimum Gasteiger partial charge on any atom is -0.507 e. The molecular formula is C28H31NO6. The van der Waals surface area contributed by atoms with Gasteiger partial charge < -0.3 is 20.3 Å². The van der Waals surface area contributed by atoms with Crippen LogP contribution in [-0.2, 0) is 11.2 Å². The number of anilines is 1. The number of aromatic hydroxyl groups is 1. The second kappa shape index (κ2) is 12.9. The molecule has 0 bridgehead atoms. The Kier molecular flexibility index (Phi) is 10.0. The quantitative estimate of drug-likeness (QED) is 0.217. The number of carbonyl (C=O) groups excluding carboxylic acids is 2. The highest BCUT2D eigenvalue weighted by Gasteiger charge is 2.16. The van der Waals surface area contributed by atoms with Crippen molar-refractivity contribution in [2.45, 2.75) is 40.5 Å². The number of phenols is 1. The van der Waals surface area contributed by atoms with Crippen LogP contribution in [0.15, 0.2) is 71.8 Å². The Morgan fingerprint density at radius 3 is 2.31 bits per heavy atom. The Balaban J connectivity index is 2.02. The van der Waals surface area contributed by atoms with Crippen molar-refractivity contribution in [3.05, 3.63) is 88.5 Å². The SMILES string of the molecule is C\C=C(/C=C\C=C(/C)COc1ccc(C(C)=O)c(O)c1CCC)C(=O)Nc1ccc(C(=O)O)cc1. The van der Waals surface area contributed by atoms with Crippen molar-refractivity contribution >= 4 is 23.3 Å². The normalized spacial score (nSPS) is 12.0. The van der Waals surface area contributed by atoms with Crippen LogP contribution in [0.25, 0.3) is 0 Å². The summed E-state index contributed by atoms with van der Waals surface area (Å²) in [6.45, 7) is 7.30. The average Bonchev–Trinajstić information content (AvgIpc) is 2.82. The number of amides is 1. The fourth-order valence-corrected chi connectivity index (χ4v) is 3.29. The van der Waals surface area contributed by atoms with Crippen LogP contribution in [0, 0.1) is 0 Å². The van der Waals surface area contributed by atoms with Gasteiger partial charge in [0.1, 0.15) is 18.1 Å². The maximum Gasteiger partial charge on any atom is 0.335 e. The van der Waals surface area contributed by atoms with Crippen molar-refractivity contribution in [2.24, 2.45) is 0 Å². The number of Topliss-reactive ketones (excluding diaryl/α,β-unsaturated/α-hetero) is 1. The molecule has 0 heterocycles. The monoisotopic (exact) mass is 477 g/mol. The lowest BCUT2D eigenvalue weighted by molar-refractivity contribution is -0.112. The van der Waals surface area contributed by atoms with Crippen LogP contribution in [-0.4, -0.2) is 34.5 Å². The zero-order valence-corrected chi connectivity index (χ0v) is 20.4. The largest absolute Gasteiger partial charge is 0.507 e. The number of carbonyl (C=O) groups is 3. The zero-order chi connectivity index (χ0) is 26.0. The number of phenolic OH excluding ortho intramolecular Hbond substituents is 1. The summed E-state index contributed by atoms with van der Waals surface area (Å²) < 4.78 is 5.89. The summed E-state index contributed by atoms with van der Waals surface area (Å²) in [6.07, 6.45) is 8.28. The Labute approximate surface area is 205 Å². The van der Waals surface area contributed by atoms with E-state index in [1.807, 2.05) is 19.9 Å². The second-order valence-corrected chi connectivity index (χ2v) is 7.99. The van der Waals surface area contributed by atoms with Crippen LogP contribution in [0.4, 0.5) is 5.69 Å². The van der Waals surface area contributed by atoms with E-state index in [-0.39, 0.29) is 35.2 Å². The third-order valence-electron chi connectivity index (χ3n) is 5.19. The fourth-order valence-electron chi connectivity index (χ4n) is 3.29. The van der Waals surface area contributed by atoms with E-state index in [1.54, 1.807) is 37.3 Å². The van der Waals surface area contributed by atoms with E-state index in [0.717, 1.165) is 12.0 Å². The van der Waals surface area contributed by atoms with Gasteiger partial charge in [-0.05, 0) is 75.2 Å². The van der Waals surface area contributed by atoms with Gasteiger partial charge in [0.15, 0.2) is 5.78 Å². The summed E-state index contributed by atoms with van der Waals surface area (Å²) in [5, 5.41) is 22.2. The molecule has 2 rings (SSSR count). The molecular weight excluding hydrogens is 446 g/mol. The van der Waals surface area contributed by atoms with Gasteiger partial charge in [-0.25, -0.2) is 4.79 Å². The smallest absolute Gasteiger partial charge is 0.335 e. The van der Waals surface area contributed by atoms with Gasteiger partial charge in [-0.15, -0.1) is 0 Å². The van der Waals surface area contributed by atoms with Crippen LogP contribution >= 0.6 is 0 Å². The molecule has 0 unspecified atom stereocenters. The molecule has 0 saturated carbocycles. The Hall–Kier alpha value is -4.13. The van der Waals surface area contributed by atoms with E-state index in [9.17, 15) is 19.5 Å². The van der Waals surface area contributed by atoms with Crippen molar-refractivity contribution in [1.82, 2.24) is 0 Å². The molecule has 2 aromatic carbocycles. The van der Waals surface area contributed by atoms with Crippen molar-refractivity contribution in [3.63, 3.8) is 0 Å². The molecule has 3 N–H and O–H groups in total. The highest BCUT2D eigenvalue weighted by Crippen LogP contribution is 2.33. The number of rotatable bonds is 11. The lowest BCUT2D eigenvalue weighted by atomic mass is 10.0. The Morgan fingerprint density at radius 1 is 1.06 bits per heavy atom. The van der Waals surface area contributed by atoms with Crippen molar-refractivity contribution in [3.8, 4) is 11.5 Å². The van der Waals surface area contributed by atoms with E-state index in [4.69, 9.17) is 9.84 Å². The Morgan fingerprint density at radius 2 is 1.74 bits per heavy atom. The van der Waals surface area contributed by atoms with Crippen LogP contribution in [0.2, 0.25) is 0 Å². The second-order valence-electron chi connectivity index (χ2n) is 7.99. The van der Waals surface area contributed by atoms with Crippen LogP contribution in [0.5, 0.6) is 11.5 Å². The molecule has 2 aromatic rings. The number of carboxylic acid groups (broad SMARTS) is 1. The molecule has 7 nitrogen and oxygen atoms in total. The molecule has 0 aliphatic rings. The van der Waals surface area contributed by atoms with E-state index in [1.165, 1.54) is 31.2 Å². The van der Waals surface area contributed by atoms with Gasteiger partial charge in [0, 0.05) is 16.8 Å². The average molecular weight is 478 g/mol. The van der Waals surface area contributed by atoms with Crippen molar-refractivity contribution in [1.29, 1.82) is 0 Å². The predicted molar refractivity (Wildman–Crippen MR) is 136 cm³/mol. The number of ether oxygens (including phenoxy) is 1. The standard InChI is InChI=1S/C28H31NO6/c1-5-8-24-25(16-15-23(19(4)30)26(24)31)35-17-18(3)9-7-10-20(6-2)27(32)29-22-13-11-21(12-14-22)28(33)34/h6-7,9-16,31H,5,8,17H2,1-4H3,(H,29,32)(H,33,34)/b10-7-,18-9+,20-6+. The molecule has 184 valence electrons. The molecule has 1 amide bonds. The number of benzene rings is 2.